The highest BCUT2D eigenvalue weighted by Gasteiger charge is 2.40. The summed E-state index contributed by atoms with van der Waals surface area (Å²) in [7, 11) is 0. The Morgan fingerprint density at radius 3 is 2.38 bits per heavy atom. The van der Waals surface area contributed by atoms with Gasteiger partial charge in [-0.15, -0.1) is 0 Å². The first kappa shape index (κ1) is 21.7. The molecule has 1 atom stereocenters. The lowest BCUT2D eigenvalue weighted by Crippen LogP contribution is -2.59. The number of nitrogens with one attached hydrogen (secondary N) is 1. The van der Waals surface area contributed by atoms with Gasteiger partial charge in [0.15, 0.2) is 0 Å². The van der Waals surface area contributed by atoms with Crippen molar-refractivity contribution < 1.29 is 14.4 Å². The van der Waals surface area contributed by atoms with Gasteiger partial charge >= 0.3 is 0 Å². The van der Waals surface area contributed by atoms with Crippen LogP contribution in [0.4, 0.5) is 5.69 Å². The first-order valence-electron chi connectivity index (χ1n) is 10.8. The van der Waals surface area contributed by atoms with Crippen molar-refractivity contribution in [3.05, 3.63) is 88.4 Å². The largest absolute Gasteiger partial charge is 0.334 e. The van der Waals surface area contributed by atoms with Crippen molar-refractivity contribution in [3.8, 4) is 17.2 Å². The molecular formula is C26H19ClN4O3. The van der Waals surface area contributed by atoms with Gasteiger partial charge in [0.05, 0.1) is 29.4 Å². The van der Waals surface area contributed by atoms with Gasteiger partial charge < -0.3 is 15.1 Å². The number of fused-ring (bicyclic) bond motifs is 2. The molecule has 5 rings (SSSR count). The van der Waals surface area contributed by atoms with Gasteiger partial charge in [0.2, 0.25) is 5.91 Å². The van der Waals surface area contributed by atoms with Gasteiger partial charge in [-0.1, -0.05) is 29.8 Å². The molecule has 168 valence electrons. The standard InChI is InChI=1S/C26H19ClN4O3/c27-20-8-5-17(6-9-20)19-7-10-22-21(13-19)26(34)31-12-11-30(15-23(31)24(32)29-22)25(33)18-3-1-16(14-28)2-4-18/h1-10,13,23H,11-12,15H2,(H,29,32)/t23-/m0/s1. The first-order valence-corrected chi connectivity index (χ1v) is 11.1. The molecule has 34 heavy (non-hydrogen) atoms. The molecule has 0 radical (unpaired) electrons. The van der Waals surface area contributed by atoms with Crippen LogP contribution in [0.1, 0.15) is 26.3 Å². The molecule has 1 fully saturated rings. The van der Waals surface area contributed by atoms with E-state index in [0.29, 0.717) is 33.9 Å². The van der Waals surface area contributed by atoms with Crippen LogP contribution in [0.5, 0.6) is 0 Å². The Hall–Kier alpha value is -4.15. The minimum Gasteiger partial charge on any atom is -0.334 e. The maximum Gasteiger partial charge on any atom is 0.256 e. The van der Waals surface area contributed by atoms with E-state index in [2.05, 4.69) is 5.32 Å². The number of carbonyl (C=O) groups is 3. The first-order chi connectivity index (χ1) is 16.4. The van der Waals surface area contributed by atoms with Crippen LogP contribution in [0.25, 0.3) is 11.1 Å². The lowest BCUT2D eigenvalue weighted by molar-refractivity contribution is -0.121. The summed E-state index contributed by atoms with van der Waals surface area (Å²) in [6, 6.07) is 20.3. The molecular weight excluding hydrogens is 452 g/mol. The highest BCUT2D eigenvalue weighted by Crippen LogP contribution is 2.31. The molecule has 8 heteroatoms. The van der Waals surface area contributed by atoms with Crippen molar-refractivity contribution in [2.45, 2.75) is 6.04 Å². The number of piperazine rings is 1. The summed E-state index contributed by atoms with van der Waals surface area (Å²) in [5.41, 5.74) is 3.51. The molecule has 2 aliphatic heterocycles. The lowest BCUT2D eigenvalue weighted by atomic mass is 10.0. The Balaban J connectivity index is 1.40. The summed E-state index contributed by atoms with van der Waals surface area (Å²) < 4.78 is 0. The number of anilines is 1. The average Bonchev–Trinajstić information content (AvgIpc) is 2.98. The molecule has 0 aromatic heterocycles. The van der Waals surface area contributed by atoms with Gasteiger partial charge in [0.25, 0.3) is 11.8 Å². The lowest BCUT2D eigenvalue weighted by Gasteiger charge is -2.39. The van der Waals surface area contributed by atoms with Crippen LogP contribution in [0.15, 0.2) is 66.7 Å². The average molecular weight is 471 g/mol. The highest BCUT2D eigenvalue weighted by atomic mass is 35.5. The van der Waals surface area contributed by atoms with Crippen LogP contribution in [-0.4, -0.2) is 53.2 Å². The van der Waals surface area contributed by atoms with Crippen LogP contribution in [0.3, 0.4) is 0 Å². The van der Waals surface area contributed by atoms with E-state index in [4.69, 9.17) is 16.9 Å². The Morgan fingerprint density at radius 2 is 1.68 bits per heavy atom. The number of carbonyl (C=O) groups excluding carboxylic acids is 3. The molecule has 7 nitrogen and oxygen atoms in total. The number of amides is 3. The van der Waals surface area contributed by atoms with E-state index in [-0.39, 0.29) is 30.8 Å². The van der Waals surface area contributed by atoms with Crippen molar-refractivity contribution in [1.29, 1.82) is 5.26 Å². The molecule has 1 N–H and O–H groups in total. The third-order valence-electron chi connectivity index (χ3n) is 6.18. The monoisotopic (exact) mass is 470 g/mol. The second-order valence-electron chi connectivity index (χ2n) is 8.21. The second-order valence-corrected chi connectivity index (χ2v) is 8.65. The van der Waals surface area contributed by atoms with Gasteiger partial charge in [0.1, 0.15) is 6.04 Å². The summed E-state index contributed by atoms with van der Waals surface area (Å²) in [6.07, 6.45) is 0. The summed E-state index contributed by atoms with van der Waals surface area (Å²) >= 11 is 5.99. The number of rotatable bonds is 2. The molecule has 3 aromatic rings. The maximum atomic E-state index is 13.4. The number of hydrogen-bond acceptors (Lipinski definition) is 4. The van der Waals surface area contributed by atoms with E-state index in [9.17, 15) is 14.4 Å². The zero-order valence-corrected chi connectivity index (χ0v) is 18.7. The van der Waals surface area contributed by atoms with Crippen LogP contribution in [0.2, 0.25) is 5.02 Å². The normalized spacial score (nSPS) is 17.2. The van der Waals surface area contributed by atoms with Gasteiger partial charge in [-0.3, -0.25) is 14.4 Å². The fourth-order valence-electron chi connectivity index (χ4n) is 4.33. The van der Waals surface area contributed by atoms with E-state index in [0.717, 1.165) is 11.1 Å². The molecule has 0 bridgehead atoms. The number of halogens is 1. The number of nitrogens with zero attached hydrogens (tertiary/aromatic N) is 3. The molecule has 3 aromatic carbocycles. The quantitative estimate of drug-likeness (QED) is 0.616. The highest BCUT2D eigenvalue weighted by molar-refractivity contribution is 6.30. The number of nitriles is 1. The second kappa shape index (κ2) is 8.65. The van der Waals surface area contributed by atoms with Gasteiger partial charge in [-0.25, -0.2) is 0 Å². The van der Waals surface area contributed by atoms with Crippen molar-refractivity contribution >= 4 is 35.0 Å². The van der Waals surface area contributed by atoms with Crippen LogP contribution in [0, 0.1) is 11.3 Å². The minimum atomic E-state index is -0.796. The zero-order valence-electron chi connectivity index (χ0n) is 18.0. The maximum absolute atomic E-state index is 13.4. The van der Waals surface area contributed by atoms with E-state index in [1.165, 1.54) is 4.90 Å². The van der Waals surface area contributed by atoms with Gasteiger partial charge in [-0.2, -0.15) is 5.26 Å². The van der Waals surface area contributed by atoms with Crippen molar-refractivity contribution in [2.24, 2.45) is 0 Å². The van der Waals surface area contributed by atoms with Gasteiger partial charge in [0, 0.05) is 23.7 Å². The summed E-state index contributed by atoms with van der Waals surface area (Å²) in [6.45, 7) is 0.637. The van der Waals surface area contributed by atoms with Crippen molar-refractivity contribution in [2.75, 3.05) is 25.0 Å². The van der Waals surface area contributed by atoms with Crippen molar-refractivity contribution in [3.63, 3.8) is 0 Å². The van der Waals surface area contributed by atoms with Crippen molar-refractivity contribution in [1.82, 2.24) is 9.80 Å². The fraction of sp³-hybridized carbons (Fsp3) is 0.154. The third-order valence-corrected chi connectivity index (χ3v) is 6.43. The molecule has 0 unspecified atom stereocenters. The molecule has 0 aliphatic carbocycles. The smallest absolute Gasteiger partial charge is 0.256 e. The molecule has 3 amide bonds. The van der Waals surface area contributed by atoms with E-state index in [1.54, 1.807) is 53.4 Å². The molecule has 0 spiro atoms. The zero-order chi connectivity index (χ0) is 23.8. The minimum absolute atomic E-state index is 0.0917. The SMILES string of the molecule is N#Cc1ccc(C(=O)N2CCN3C(=O)c4cc(-c5ccc(Cl)cc5)ccc4NC(=O)[C@@H]3C2)cc1. The predicted molar refractivity (Wildman–Crippen MR) is 127 cm³/mol. The number of hydrogen-bond donors (Lipinski definition) is 1. The van der Waals surface area contributed by atoms with Crippen LogP contribution in [-0.2, 0) is 4.79 Å². The molecule has 2 aliphatic rings. The fourth-order valence-corrected chi connectivity index (χ4v) is 4.45. The van der Waals surface area contributed by atoms with Gasteiger partial charge in [-0.05, 0) is 59.7 Å². The summed E-state index contributed by atoms with van der Waals surface area (Å²) in [5.74, 6) is -0.820. The Morgan fingerprint density at radius 1 is 0.971 bits per heavy atom. The molecule has 2 heterocycles. The van der Waals surface area contributed by atoms with Crippen LogP contribution < -0.4 is 5.32 Å². The molecule has 0 saturated carbocycles. The number of benzene rings is 3. The Bertz CT molecular complexity index is 1350. The topological polar surface area (TPSA) is 93.5 Å². The summed E-state index contributed by atoms with van der Waals surface area (Å²) in [4.78, 5) is 42.6. The Kier molecular flexibility index (Phi) is 5.52. The summed E-state index contributed by atoms with van der Waals surface area (Å²) in [5, 5.41) is 12.4. The van der Waals surface area contributed by atoms with E-state index < -0.39 is 6.04 Å². The third kappa shape index (κ3) is 3.89. The van der Waals surface area contributed by atoms with E-state index >= 15 is 0 Å². The van der Waals surface area contributed by atoms with Crippen LogP contribution >= 0.6 is 11.6 Å². The molecule has 1 saturated heterocycles. The Labute approximate surface area is 201 Å². The predicted octanol–water partition coefficient (Wildman–Crippen LogP) is 3.80. The van der Waals surface area contributed by atoms with E-state index in [1.807, 2.05) is 24.3 Å².